The number of halogens is 1. The van der Waals surface area contributed by atoms with Crippen molar-refractivity contribution < 1.29 is 19.1 Å². The van der Waals surface area contributed by atoms with Gasteiger partial charge in [0.2, 0.25) is 0 Å². The monoisotopic (exact) mass is 384 g/mol. The molecular formula is C19H29ClN2O4. The van der Waals surface area contributed by atoms with E-state index in [1.165, 1.54) is 7.11 Å². The second-order valence-corrected chi connectivity index (χ2v) is 7.18. The van der Waals surface area contributed by atoms with E-state index in [4.69, 9.17) is 21.1 Å². The highest BCUT2D eigenvalue weighted by molar-refractivity contribution is 6.30. The third kappa shape index (κ3) is 8.06. The van der Waals surface area contributed by atoms with Crippen molar-refractivity contribution in [3.05, 3.63) is 34.9 Å². The van der Waals surface area contributed by atoms with Crippen molar-refractivity contribution in [2.75, 3.05) is 13.7 Å². The fraction of sp³-hybridized carbons (Fsp3) is 0.579. The van der Waals surface area contributed by atoms with Gasteiger partial charge in [-0.3, -0.25) is 4.79 Å². The van der Waals surface area contributed by atoms with Crippen molar-refractivity contribution in [1.29, 1.82) is 0 Å². The van der Waals surface area contributed by atoms with Gasteiger partial charge in [-0.05, 0) is 37.5 Å². The molecule has 0 radical (unpaired) electrons. The van der Waals surface area contributed by atoms with Crippen LogP contribution >= 0.6 is 11.6 Å². The second-order valence-electron chi connectivity index (χ2n) is 6.74. The molecule has 7 heteroatoms. The van der Waals surface area contributed by atoms with Crippen LogP contribution in [-0.2, 0) is 14.3 Å². The molecule has 0 spiro atoms. The Balaban J connectivity index is 2.79. The summed E-state index contributed by atoms with van der Waals surface area (Å²) in [5.74, 6) is -0.128. The molecule has 1 amide bonds. The number of hydrogen-bond donors (Lipinski definition) is 2. The molecule has 0 aliphatic rings. The number of esters is 1. The molecule has 146 valence electrons. The maximum Gasteiger partial charge on any atom is 0.407 e. The Labute approximate surface area is 160 Å². The van der Waals surface area contributed by atoms with Crippen molar-refractivity contribution in [3.63, 3.8) is 0 Å². The van der Waals surface area contributed by atoms with Crippen LogP contribution in [0.2, 0.25) is 5.02 Å². The molecule has 2 unspecified atom stereocenters. The van der Waals surface area contributed by atoms with Crippen LogP contribution in [-0.4, -0.2) is 37.9 Å². The van der Waals surface area contributed by atoms with Crippen LogP contribution in [0.5, 0.6) is 0 Å². The number of rotatable bonds is 9. The zero-order chi connectivity index (χ0) is 19.7. The fourth-order valence-electron chi connectivity index (χ4n) is 2.38. The number of methoxy groups -OCH3 is 1. The summed E-state index contributed by atoms with van der Waals surface area (Å²) >= 11 is 5.94. The average molecular weight is 385 g/mol. The van der Waals surface area contributed by atoms with Crippen LogP contribution in [0.1, 0.15) is 45.7 Å². The van der Waals surface area contributed by atoms with Gasteiger partial charge in [0.1, 0.15) is 0 Å². The molecule has 2 N–H and O–H groups in total. The van der Waals surface area contributed by atoms with Gasteiger partial charge < -0.3 is 20.1 Å². The highest BCUT2D eigenvalue weighted by atomic mass is 35.5. The summed E-state index contributed by atoms with van der Waals surface area (Å²) in [5, 5.41) is 6.85. The topological polar surface area (TPSA) is 76.7 Å². The molecular weight excluding hydrogens is 356 g/mol. The van der Waals surface area contributed by atoms with Gasteiger partial charge in [-0.15, -0.1) is 0 Å². The molecule has 26 heavy (non-hydrogen) atoms. The number of alkyl carbamates (subject to hydrolysis) is 1. The highest BCUT2D eigenvalue weighted by Crippen LogP contribution is 2.20. The fourth-order valence-corrected chi connectivity index (χ4v) is 2.50. The molecule has 2 atom stereocenters. The first kappa shape index (κ1) is 22.3. The minimum absolute atomic E-state index is 0.145. The lowest BCUT2D eigenvalue weighted by Crippen LogP contribution is -2.46. The number of ether oxygens (including phenoxy) is 2. The maximum absolute atomic E-state index is 11.9. The van der Waals surface area contributed by atoms with Gasteiger partial charge in [0, 0.05) is 23.7 Å². The van der Waals surface area contributed by atoms with E-state index in [0.29, 0.717) is 11.6 Å². The van der Waals surface area contributed by atoms with Crippen LogP contribution in [0, 0.1) is 5.92 Å². The Bertz CT molecular complexity index is 575. The van der Waals surface area contributed by atoms with E-state index in [1.807, 2.05) is 26.0 Å². The maximum atomic E-state index is 11.9. The second kappa shape index (κ2) is 11.0. The SMILES string of the molecule is COC(=O)CC(NCC(NC(=O)OC(C)C)C(C)C)c1ccc(Cl)cc1. The third-order valence-corrected chi connectivity index (χ3v) is 4.16. The number of hydrogen-bond acceptors (Lipinski definition) is 5. The molecule has 0 fully saturated rings. The molecule has 0 bridgehead atoms. The Kier molecular flexibility index (Phi) is 9.44. The predicted molar refractivity (Wildman–Crippen MR) is 102 cm³/mol. The Morgan fingerprint density at radius 3 is 2.23 bits per heavy atom. The summed E-state index contributed by atoms with van der Waals surface area (Å²) in [6, 6.07) is 6.90. The van der Waals surface area contributed by atoms with Gasteiger partial charge >= 0.3 is 12.1 Å². The van der Waals surface area contributed by atoms with E-state index in [2.05, 4.69) is 10.6 Å². The minimum atomic E-state index is -0.448. The lowest BCUT2D eigenvalue weighted by molar-refractivity contribution is -0.141. The van der Waals surface area contributed by atoms with Gasteiger partial charge in [-0.2, -0.15) is 0 Å². The summed E-state index contributed by atoms with van der Waals surface area (Å²) in [6.45, 7) is 8.11. The molecule has 0 heterocycles. The predicted octanol–water partition coefficient (Wildman–Crippen LogP) is 3.69. The first-order chi connectivity index (χ1) is 12.2. The molecule has 6 nitrogen and oxygen atoms in total. The van der Waals surface area contributed by atoms with Gasteiger partial charge in [0.05, 0.1) is 19.6 Å². The molecule has 0 aliphatic heterocycles. The smallest absolute Gasteiger partial charge is 0.407 e. The summed E-state index contributed by atoms with van der Waals surface area (Å²) in [7, 11) is 1.36. The van der Waals surface area contributed by atoms with Crippen LogP contribution in [0.4, 0.5) is 4.79 Å². The summed E-state index contributed by atoms with van der Waals surface area (Å²) < 4.78 is 9.94. The van der Waals surface area contributed by atoms with Gasteiger partial charge in [-0.25, -0.2) is 4.79 Å². The normalized spacial score (nSPS) is 13.4. The van der Waals surface area contributed by atoms with E-state index >= 15 is 0 Å². The number of carbonyl (C=O) groups is 2. The molecule has 1 aromatic carbocycles. The number of benzene rings is 1. The summed E-state index contributed by atoms with van der Waals surface area (Å²) in [6.07, 6.45) is -0.451. The van der Waals surface area contributed by atoms with E-state index in [9.17, 15) is 9.59 Å². The Hall–Kier alpha value is -1.79. The van der Waals surface area contributed by atoms with Crippen LogP contribution < -0.4 is 10.6 Å². The zero-order valence-electron chi connectivity index (χ0n) is 16.0. The quantitative estimate of drug-likeness (QED) is 0.635. The average Bonchev–Trinajstić information content (AvgIpc) is 2.56. The van der Waals surface area contributed by atoms with Crippen LogP contribution in [0.25, 0.3) is 0 Å². The van der Waals surface area contributed by atoms with Crippen LogP contribution in [0.3, 0.4) is 0 Å². The van der Waals surface area contributed by atoms with Gasteiger partial charge in [-0.1, -0.05) is 37.6 Å². The largest absolute Gasteiger partial charge is 0.469 e. The Morgan fingerprint density at radius 1 is 1.12 bits per heavy atom. The van der Waals surface area contributed by atoms with Crippen molar-refractivity contribution in [2.45, 2.75) is 52.3 Å². The molecule has 1 rings (SSSR count). The zero-order valence-corrected chi connectivity index (χ0v) is 16.8. The standard InChI is InChI=1S/C19H29ClN2O4/c1-12(2)17(22-19(24)26-13(3)4)11-21-16(10-18(23)25-5)14-6-8-15(20)9-7-14/h6-9,12-13,16-17,21H,10-11H2,1-5H3,(H,22,24). The number of carbonyl (C=O) groups excluding carboxylic acids is 2. The molecule has 0 saturated heterocycles. The van der Waals surface area contributed by atoms with Gasteiger partial charge in [0.25, 0.3) is 0 Å². The number of nitrogens with one attached hydrogen (secondary N) is 2. The minimum Gasteiger partial charge on any atom is -0.469 e. The number of amides is 1. The van der Waals surface area contributed by atoms with Crippen molar-refractivity contribution in [1.82, 2.24) is 10.6 Å². The van der Waals surface area contributed by atoms with E-state index in [1.54, 1.807) is 26.0 Å². The van der Waals surface area contributed by atoms with E-state index < -0.39 is 6.09 Å². The molecule has 1 aromatic rings. The lowest BCUT2D eigenvalue weighted by atomic mass is 10.0. The molecule has 0 aliphatic carbocycles. The van der Waals surface area contributed by atoms with Crippen LogP contribution in [0.15, 0.2) is 24.3 Å². The highest BCUT2D eigenvalue weighted by Gasteiger charge is 2.22. The van der Waals surface area contributed by atoms with Crippen molar-refractivity contribution >= 4 is 23.7 Å². The summed E-state index contributed by atoms with van der Waals surface area (Å²) in [5.41, 5.74) is 0.923. The van der Waals surface area contributed by atoms with E-state index in [-0.39, 0.29) is 36.5 Å². The van der Waals surface area contributed by atoms with Crippen molar-refractivity contribution in [3.8, 4) is 0 Å². The lowest BCUT2D eigenvalue weighted by Gasteiger charge is -2.26. The third-order valence-electron chi connectivity index (χ3n) is 3.91. The Morgan fingerprint density at radius 2 is 1.73 bits per heavy atom. The van der Waals surface area contributed by atoms with E-state index in [0.717, 1.165) is 5.56 Å². The first-order valence-corrected chi connectivity index (χ1v) is 9.13. The first-order valence-electron chi connectivity index (χ1n) is 8.75. The van der Waals surface area contributed by atoms with Crippen molar-refractivity contribution in [2.24, 2.45) is 5.92 Å². The molecule has 0 aromatic heterocycles. The summed E-state index contributed by atoms with van der Waals surface area (Å²) in [4.78, 5) is 23.7. The molecule has 0 saturated carbocycles. The van der Waals surface area contributed by atoms with Gasteiger partial charge in [0.15, 0.2) is 0 Å².